The average Bonchev–Trinajstić information content (AvgIpc) is 3.52. The number of benzene rings is 1. The molecule has 0 N–H and O–H groups in total. The molecule has 2 aromatic rings. The minimum absolute atomic E-state index is 0.0813. The van der Waals surface area contributed by atoms with E-state index in [9.17, 15) is 9.59 Å². The highest BCUT2D eigenvalue weighted by molar-refractivity contribution is 5.81. The lowest BCUT2D eigenvalue weighted by Crippen LogP contribution is -2.55. The Morgan fingerprint density at radius 3 is 2.69 bits per heavy atom. The SMILES string of the molecule is COc1cccc(CC(=O)N2CCC3(CC2)O[C@@H](C(=O)N2CCCC2)Cn2ccnc23)c1. The molecule has 8 nitrogen and oxygen atoms in total. The van der Waals surface area contributed by atoms with Crippen molar-refractivity contribution in [2.75, 3.05) is 33.3 Å². The third kappa shape index (κ3) is 3.88. The van der Waals surface area contributed by atoms with Crippen LogP contribution in [-0.2, 0) is 32.9 Å². The van der Waals surface area contributed by atoms with E-state index in [0.29, 0.717) is 38.9 Å². The second kappa shape index (κ2) is 8.58. The molecule has 3 aliphatic heterocycles. The summed E-state index contributed by atoms with van der Waals surface area (Å²) in [6.45, 7) is 3.30. The summed E-state index contributed by atoms with van der Waals surface area (Å²) >= 11 is 0. The number of fused-ring (bicyclic) bond motifs is 2. The number of nitrogens with zero attached hydrogens (tertiary/aromatic N) is 4. The molecule has 1 aromatic carbocycles. The molecule has 8 heteroatoms. The Bertz CT molecular complexity index is 989. The Morgan fingerprint density at radius 2 is 1.94 bits per heavy atom. The van der Waals surface area contributed by atoms with E-state index in [2.05, 4.69) is 9.55 Å². The highest BCUT2D eigenvalue weighted by atomic mass is 16.5. The fraction of sp³-hybridized carbons (Fsp3) is 0.542. The number of likely N-dealkylation sites (tertiary alicyclic amines) is 2. The van der Waals surface area contributed by atoms with Gasteiger partial charge in [0.05, 0.1) is 20.1 Å². The van der Waals surface area contributed by atoms with Crippen molar-refractivity contribution in [1.29, 1.82) is 0 Å². The highest BCUT2D eigenvalue weighted by Gasteiger charge is 2.48. The minimum atomic E-state index is -0.617. The van der Waals surface area contributed by atoms with E-state index >= 15 is 0 Å². The summed E-state index contributed by atoms with van der Waals surface area (Å²) in [4.78, 5) is 34.4. The van der Waals surface area contributed by atoms with Gasteiger partial charge in [-0.25, -0.2) is 4.98 Å². The van der Waals surface area contributed by atoms with Crippen molar-refractivity contribution < 1.29 is 19.1 Å². The van der Waals surface area contributed by atoms with E-state index in [1.807, 2.05) is 40.3 Å². The number of hydrogen-bond donors (Lipinski definition) is 0. The third-order valence-electron chi connectivity index (χ3n) is 6.96. The van der Waals surface area contributed by atoms with Crippen molar-refractivity contribution in [2.24, 2.45) is 0 Å². The number of piperidine rings is 1. The molecule has 5 rings (SSSR count). The average molecular weight is 439 g/mol. The predicted molar refractivity (Wildman–Crippen MR) is 117 cm³/mol. The first-order valence-corrected chi connectivity index (χ1v) is 11.5. The Morgan fingerprint density at radius 1 is 1.16 bits per heavy atom. The van der Waals surface area contributed by atoms with Crippen LogP contribution in [0.25, 0.3) is 0 Å². The number of amides is 2. The van der Waals surface area contributed by atoms with Crippen LogP contribution in [0, 0.1) is 0 Å². The molecule has 2 fully saturated rings. The molecule has 1 atom stereocenters. The molecule has 0 bridgehead atoms. The van der Waals surface area contributed by atoms with Crippen molar-refractivity contribution in [1.82, 2.24) is 19.4 Å². The van der Waals surface area contributed by atoms with Crippen LogP contribution in [0.5, 0.6) is 5.75 Å². The zero-order chi connectivity index (χ0) is 22.1. The summed E-state index contributed by atoms with van der Waals surface area (Å²) in [6.07, 6.45) is 6.96. The van der Waals surface area contributed by atoms with Crippen LogP contribution >= 0.6 is 0 Å². The first kappa shape index (κ1) is 21.0. The molecule has 1 spiro atoms. The lowest BCUT2D eigenvalue weighted by atomic mass is 9.88. The van der Waals surface area contributed by atoms with Crippen LogP contribution in [0.2, 0.25) is 0 Å². The number of carbonyl (C=O) groups is 2. The normalized spacial score (nSPS) is 22.1. The van der Waals surface area contributed by atoms with Crippen molar-refractivity contribution >= 4 is 11.8 Å². The number of hydrogen-bond acceptors (Lipinski definition) is 5. The number of aromatic nitrogens is 2. The van der Waals surface area contributed by atoms with Crippen molar-refractivity contribution in [3.05, 3.63) is 48.0 Å². The minimum Gasteiger partial charge on any atom is -0.497 e. The van der Waals surface area contributed by atoms with Crippen LogP contribution in [0.3, 0.4) is 0 Å². The zero-order valence-electron chi connectivity index (χ0n) is 18.5. The van der Waals surface area contributed by atoms with Crippen LogP contribution in [0.15, 0.2) is 36.7 Å². The van der Waals surface area contributed by atoms with Crippen molar-refractivity contribution in [3.8, 4) is 5.75 Å². The largest absolute Gasteiger partial charge is 0.497 e. The second-order valence-electron chi connectivity index (χ2n) is 8.95. The maximum Gasteiger partial charge on any atom is 0.253 e. The van der Waals surface area contributed by atoms with Crippen molar-refractivity contribution in [3.63, 3.8) is 0 Å². The number of imidazole rings is 1. The van der Waals surface area contributed by atoms with Crippen LogP contribution in [0.1, 0.15) is 37.1 Å². The summed E-state index contributed by atoms with van der Waals surface area (Å²) < 4.78 is 13.9. The lowest BCUT2D eigenvalue weighted by Gasteiger charge is -2.46. The first-order valence-electron chi connectivity index (χ1n) is 11.5. The number of methoxy groups -OCH3 is 1. The topological polar surface area (TPSA) is 76.9 Å². The molecule has 0 radical (unpaired) electrons. The molecule has 2 amide bonds. The highest BCUT2D eigenvalue weighted by Crippen LogP contribution is 2.40. The van der Waals surface area contributed by atoms with Gasteiger partial charge in [-0.05, 0) is 30.5 Å². The van der Waals surface area contributed by atoms with Crippen LogP contribution in [0.4, 0.5) is 0 Å². The second-order valence-corrected chi connectivity index (χ2v) is 8.95. The van der Waals surface area contributed by atoms with E-state index < -0.39 is 11.7 Å². The van der Waals surface area contributed by atoms with Gasteiger partial charge < -0.3 is 23.8 Å². The summed E-state index contributed by atoms with van der Waals surface area (Å²) in [5.74, 6) is 1.81. The lowest BCUT2D eigenvalue weighted by molar-refractivity contribution is -0.182. The molecule has 0 saturated carbocycles. The maximum atomic E-state index is 13.1. The Labute approximate surface area is 188 Å². The van der Waals surface area contributed by atoms with Gasteiger partial charge >= 0.3 is 0 Å². The number of carbonyl (C=O) groups excluding carboxylic acids is 2. The fourth-order valence-electron chi connectivity index (χ4n) is 5.19. The van der Waals surface area contributed by atoms with Gasteiger partial charge in [-0.1, -0.05) is 12.1 Å². The maximum absolute atomic E-state index is 13.1. The van der Waals surface area contributed by atoms with Gasteiger partial charge in [0.25, 0.3) is 5.91 Å². The Hall–Kier alpha value is -2.87. The van der Waals surface area contributed by atoms with Gasteiger partial charge in [-0.15, -0.1) is 0 Å². The summed E-state index contributed by atoms with van der Waals surface area (Å²) in [5, 5.41) is 0. The van der Waals surface area contributed by atoms with Crippen LogP contribution in [-0.4, -0.2) is 70.6 Å². The molecule has 0 aliphatic carbocycles. The van der Waals surface area contributed by atoms with Gasteiger partial charge in [0.15, 0.2) is 6.10 Å². The summed E-state index contributed by atoms with van der Waals surface area (Å²) in [5.41, 5.74) is 0.324. The van der Waals surface area contributed by atoms with E-state index in [0.717, 1.165) is 43.1 Å². The third-order valence-corrected chi connectivity index (χ3v) is 6.96. The smallest absolute Gasteiger partial charge is 0.253 e. The Kier molecular flexibility index (Phi) is 5.63. The molecule has 4 heterocycles. The van der Waals surface area contributed by atoms with E-state index in [-0.39, 0.29) is 11.8 Å². The Balaban J connectivity index is 1.28. The molecule has 3 aliphatic rings. The molecule has 32 heavy (non-hydrogen) atoms. The van der Waals surface area contributed by atoms with Gasteiger partial charge in [0, 0.05) is 51.4 Å². The quantitative estimate of drug-likeness (QED) is 0.730. The number of ether oxygens (including phenoxy) is 2. The van der Waals surface area contributed by atoms with Gasteiger partial charge in [-0.2, -0.15) is 0 Å². The molecule has 170 valence electrons. The standard InChI is InChI=1S/C24H30N4O4/c1-31-19-6-4-5-18(15-19)16-21(29)26-12-7-24(8-13-26)23-25-9-14-28(23)17-20(32-24)22(30)27-10-2-3-11-27/h4-6,9,14-15,20H,2-3,7-8,10-13,16-17H2,1H3/t20-/m1/s1. The molecule has 0 unspecified atom stereocenters. The van der Waals surface area contributed by atoms with E-state index in [1.54, 1.807) is 13.3 Å². The van der Waals surface area contributed by atoms with Gasteiger partial charge in [0.1, 0.15) is 17.2 Å². The monoisotopic (exact) mass is 438 g/mol. The molecular formula is C24H30N4O4. The zero-order valence-corrected chi connectivity index (χ0v) is 18.5. The van der Waals surface area contributed by atoms with E-state index in [4.69, 9.17) is 9.47 Å². The van der Waals surface area contributed by atoms with Crippen LogP contribution < -0.4 is 4.74 Å². The number of rotatable bonds is 4. The van der Waals surface area contributed by atoms with Gasteiger partial charge in [-0.3, -0.25) is 9.59 Å². The molecule has 1 aromatic heterocycles. The molecular weight excluding hydrogens is 408 g/mol. The fourth-order valence-corrected chi connectivity index (χ4v) is 5.19. The van der Waals surface area contributed by atoms with Gasteiger partial charge in [0.2, 0.25) is 5.91 Å². The first-order chi connectivity index (χ1) is 15.6. The summed E-state index contributed by atoms with van der Waals surface area (Å²) in [6, 6.07) is 7.63. The van der Waals surface area contributed by atoms with E-state index in [1.165, 1.54) is 0 Å². The molecule has 2 saturated heterocycles. The summed E-state index contributed by atoms with van der Waals surface area (Å²) in [7, 11) is 1.63. The predicted octanol–water partition coefficient (Wildman–Crippen LogP) is 1.97. The van der Waals surface area contributed by atoms with Crippen molar-refractivity contribution in [2.45, 2.75) is 50.4 Å².